The van der Waals surface area contributed by atoms with E-state index in [-0.39, 0.29) is 5.82 Å². The van der Waals surface area contributed by atoms with Gasteiger partial charge in [-0.2, -0.15) is 0 Å². The van der Waals surface area contributed by atoms with Crippen LogP contribution in [0, 0.1) is 5.82 Å². The topological polar surface area (TPSA) is 15.3 Å². The summed E-state index contributed by atoms with van der Waals surface area (Å²) in [7, 11) is 2.06. The summed E-state index contributed by atoms with van der Waals surface area (Å²) in [5.74, 6) is -0.249. The largest absolute Gasteiger partial charge is 0.309 e. The van der Waals surface area contributed by atoms with Gasteiger partial charge in [0.05, 0.1) is 0 Å². The maximum absolute atomic E-state index is 13.5. The minimum Gasteiger partial charge on any atom is -0.309 e. The van der Waals surface area contributed by atoms with E-state index in [0.29, 0.717) is 23.2 Å². The van der Waals surface area contributed by atoms with Gasteiger partial charge in [0.1, 0.15) is 5.82 Å². The molecular formula is C13H20ClFN2. The second-order valence-corrected chi connectivity index (χ2v) is 4.74. The second-order valence-electron chi connectivity index (χ2n) is 4.34. The molecule has 0 aliphatic carbocycles. The Labute approximate surface area is 108 Å². The Morgan fingerprint density at radius 3 is 2.76 bits per heavy atom. The quantitative estimate of drug-likeness (QED) is 0.844. The van der Waals surface area contributed by atoms with Gasteiger partial charge in [-0.25, -0.2) is 4.39 Å². The Morgan fingerprint density at radius 2 is 2.18 bits per heavy atom. The summed E-state index contributed by atoms with van der Waals surface area (Å²) in [6, 6.07) is 5.07. The summed E-state index contributed by atoms with van der Waals surface area (Å²) >= 11 is 5.96. The predicted molar refractivity (Wildman–Crippen MR) is 70.9 cm³/mol. The monoisotopic (exact) mass is 258 g/mol. The van der Waals surface area contributed by atoms with Crippen molar-refractivity contribution in [3.8, 4) is 0 Å². The van der Waals surface area contributed by atoms with E-state index < -0.39 is 0 Å². The molecule has 0 aliphatic heterocycles. The van der Waals surface area contributed by atoms with Crippen molar-refractivity contribution in [2.75, 3.05) is 20.1 Å². The van der Waals surface area contributed by atoms with Crippen molar-refractivity contribution < 1.29 is 4.39 Å². The second kappa shape index (κ2) is 6.94. The number of likely N-dealkylation sites (N-methyl/N-ethyl adjacent to an activating group) is 1. The lowest BCUT2D eigenvalue weighted by molar-refractivity contribution is 0.309. The highest BCUT2D eigenvalue weighted by molar-refractivity contribution is 6.31. The Hall–Kier alpha value is -0.640. The van der Waals surface area contributed by atoms with Crippen molar-refractivity contribution >= 4 is 11.6 Å². The van der Waals surface area contributed by atoms with Gasteiger partial charge in [-0.15, -0.1) is 0 Å². The lowest BCUT2D eigenvalue weighted by Crippen LogP contribution is -2.37. The number of nitrogens with zero attached hydrogens (tertiary/aromatic N) is 1. The van der Waals surface area contributed by atoms with Crippen LogP contribution in [0.3, 0.4) is 0 Å². The molecule has 1 aromatic carbocycles. The van der Waals surface area contributed by atoms with Crippen LogP contribution in [0.25, 0.3) is 0 Å². The Bertz CT molecular complexity index is 337. The molecule has 1 unspecified atom stereocenters. The van der Waals surface area contributed by atoms with Crippen molar-refractivity contribution in [3.05, 3.63) is 34.6 Å². The zero-order chi connectivity index (χ0) is 12.8. The SMILES string of the molecule is CCN(C)CC(C)NCc1c(F)cccc1Cl. The van der Waals surface area contributed by atoms with Crippen LogP contribution in [0.4, 0.5) is 4.39 Å². The van der Waals surface area contributed by atoms with Gasteiger partial charge in [0, 0.05) is 29.7 Å². The third-order valence-corrected chi connectivity index (χ3v) is 3.17. The average molecular weight is 259 g/mol. The normalized spacial score (nSPS) is 13.1. The molecule has 2 nitrogen and oxygen atoms in total. The smallest absolute Gasteiger partial charge is 0.129 e. The van der Waals surface area contributed by atoms with Gasteiger partial charge in [0.25, 0.3) is 0 Å². The van der Waals surface area contributed by atoms with E-state index in [9.17, 15) is 4.39 Å². The first-order valence-corrected chi connectivity index (χ1v) is 6.27. The Balaban J connectivity index is 2.50. The zero-order valence-electron chi connectivity index (χ0n) is 10.6. The van der Waals surface area contributed by atoms with Crippen LogP contribution in [0.1, 0.15) is 19.4 Å². The molecule has 0 heterocycles. The zero-order valence-corrected chi connectivity index (χ0v) is 11.4. The van der Waals surface area contributed by atoms with Gasteiger partial charge in [0.2, 0.25) is 0 Å². The average Bonchev–Trinajstić information content (AvgIpc) is 2.28. The summed E-state index contributed by atoms with van der Waals surface area (Å²) in [5.41, 5.74) is 0.542. The van der Waals surface area contributed by atoms with Gasteiger partial charge < -0.3 is 10.2 Å². The highest BCUT2D eigenvalue weighted by atomic mass is 35.5. The fourth-order valence-corrected chi connectivity index (χ4v) is 1.87. The molecule has 96 valence electrons. The highest BCUT2D eigenvalue weighted by Gasteiger charge is 2.09. The molecule has 1 N–H and O–H groups in total. The summed E-state index contributed by atoms with van der Waals surface area (Å²) < 4.78 is 13.5. The minimum absolute atomic E-state index is 0.249. The summed E-state index contributed by atoms with van der Waals surface area (Å²) in [4.78, 5) is 2.21. The third kappa shape index (κ3) is 4.62. The molecule has 0 saturated heterocycles. The molecule has 0 aliphatic rings. The van der Waals surface area contributed by atoms with E-state index in [2.05, 4.69) is 31.1 Å². The lowest BCUT2D eigenvalue weighted by atomic mass is 10.2. The Morgan fingerprint density at radius 1 is 1.47 bits per heavy atom. The molecule has 0 radical (unpaired) electrons. The van der Waals surface area contributed by atoms with Gasteiger partial charge in [-0.1, -0.05) is 24.6 Å². The molecule has 0 spiro atoms. The van der Waals surface area contributed by atoms with Crippen LogP contribution in [-0.4, -0.2) is 31.1 Å². The van der Waals surface area contributed by atoms with Crippen molar-refractivity contribution in [2.24, 2.45) is 0 Å². The minimum atomic E-state index is -0.249. The Kier molecular flexibility index (Phi) is 5.89. The molecule has 4 heteroatoms. The van der Waals surface area contributed by atoms with Crippen LogP contribution in [0.5, 0.6) is 0 Å². The molecule has 17 heavy (non-hydrogen) atoms. The molecule has 0 amide bonds. The molecule has 0 fully saturated rings. The van der Waals surface area contributed by atoms with Crippen LogP contribution < -0.4 is 5.32 Å². The van der Waals surface area contributed by atoms with Crippen molar-refractivity contribution in [2.45, 2.75) is 26.4 Å². The fraction of sp³-hybridized carbons (Fsp3) is 0.538. The highest BCUT2D eigenvalue weighted by Crippen LogP contribution is 2.18. The molecule has 1 rings (SSSR count). The van der Waals surface area contributed by atoms with Crippen LogP contribution in [0.15, 0.2) is 18.2 Å². The van der Waals surface area contributed by atoms with E-state index in [4.69, 9.17) is 11.6 Å². The number of hydrogen-bond donors (Lipinski definition) is 1. The molecule has 0 bridgehead atoms. The molecular weight excluding hydrogens is 239 g/mol. The van der Waals surface area contributed by atoms with Gasteiger partial charge in [-0.05, 0) is 32.6 Å². The number of benzene rings is 1. The van der Waals surface area contributed by atoms with E-state index in [1.807, 2.05) is 0 Å². The molecule has 1 aromatic rings. The third-order valence-electron chi connectivity index (χ3n) is 2.81. The lowest BCUT2D eigenvalue weighted by Gasteiger charge is -2.21. The van der Waals surface area contributed by atoms with Gasteiger partial charge in [-0.3, -0.25) is 0 Å². The molecule has 0 aromatic heterocycles. The number of rotatable bonds is 6. The first-order valence-electron chi connectivity index (χ1n) is 5.89. The van der Waals surface area contributed by atoms with Gasteiger partial charge >= 0.3 is 0 Å². The summed E-state index contributed by atoms with van der Waals surface area (Å²) in [5, 5.41) is 3.76. The number of halogens is 2. The van der Waals surface area contributed by atoms with Crippen molar-refractivity contribution in [1.29, 1.82) is 0 Å². The van der Waals surface area contributed by atoms with Crippen molar-refractivity contribution in [3.63, 3.8) is 0 Å². The summed E-state index contributed by atoms with van der Waals surface area (Å²) in [6.45, 7) is 6.60. The van der Waals surface area contributed by atoms with Crippen molar-refractivity contribution in [1.82, 2.24) is 10.2 Å². The maximum Gasteiger partial charge on any atom is 0.129 e. The van der Waals surface area contributed by atoms with E-state index in [1.54, 1.807) is 12.1 Å². The van der Waals surface area contributed by atoms with E-state index in [0.717, 1.165) is 13.1 Å². The molecule has 0 saturated carbocycles. The number of nitrogens with one attached hydrogen (secondary N) is 1. The maximum atomic E-state index is 13.5. The molecule has 1 atom stereocenters. The van der Waals surface area contributed by atoms with Crippen LogP contribution in [-0.2, 0) is 6.54 Å². The van der Waals surface area contributed by atoms with E-state index in [1.165, 1.54) is 6.07 Å². The number of hydrogen-bond acceptors (Lipinski definition) is 2. The van der Waals surface area contributed by atoms with E-state index >= 15 is 0 Å². The van der Waals surface area contributed by atoms with Crippen LogP contribution >= 0.6 is 11.6 Å². The summed E-state index contributed by atoms with van der Waals surface area (Å²) in [6.07, 6.45) is 0. The standard InChI is InChI=1S/C13H20ClFN2/c1-4-17(3)9-10(2)16-8-11-12(14)6-5-7-13(11)15/h5-7,10,16H,4,8-9H2,1-3H3. The van der Waals surface area contributed by atoms with Gasteiger partial charge in [0.15, 0.2) is 0 Å². The first kappa shape index (κ1) is 14.4. The predicted octanol–water partition coefficient (Wildman–Crippen LogP) is 2.91. The fourth-order valence-electron chi connectivity index (χ4n) is 1.64. The first-order chi connectivity index (χ1) is 8.04. The van der Waals surface area contributed by atoms with Crippen LogP contribution in [0.2, 0.25) is 5.02 Å².